The molecule has 22 heavy (non-hydrogen) atoms. The summed E-state index contributed by atoms with van der Waals surface area (Å²) in [5.74, 6) is 0.366. The SMILES string of the molecule is C[N+]1(C)C[C@@H]2CCC[N+]3([O-])CCC[C@@H]([C@H]23)[C@H]1CCCC(=O)O. The van der Waals surface area contributed by atoms with Crippen LogP contribution in [-0.4, -0.2) is 66.0 Å². The van der Waals surface area contributed by atoms with Gasteiger partial charge >= 0.3 is 5.97 Å². The van der Waals surface area contributed by atoms with Crippen molar-refractivity contribution in [2.45, 2.75) is 57.0 Å². The minimum atomic E-state index is -0.700. The van der Waals surface area contributed by atoms with E-state index in [4.69, 9.17) is 5.11 Å². The first-order chi connectivity index (χ1) is 10.3. The molecule has 126 valence electrons. The number of carbonyl (C=O) groups is 1. The van der Waals surface area contributed by atoms with Gasteiger partial charge in [0.25, 0.3) is 0 Å². The van der Waals surface area contributed by atoms with Gasteiger partial charge in [0.15, 0.2) is 0 Å². The van der Waals surface area contributed by atoms with Gasteiger partial charge in [0, 0.05) is 12.8 Å². The highest BCUT2D eigenvalue weighted by atomic mass is 16.5. The van der Waals surface area contributed by atoms with Crippen molar-refractivity contribution < 1.29 is 19.0 Å². The van der Waals surface area contributed by atoms with Crippen LogP contribution in [0.4, 0.5) is 0 Å². The molecule has 3 aliphatic rings. The largest absolute Gasteiger partial charge is 0.633 e. The monoisotopic (exact) mass is 311 g/mol. The highest BCUT2D eigenvalue weighted by molar-refractivity contribution is 5.66. The van der Waals surface area contributed by atoms with Crippen molar-refractivity contribution in [3.05, 3.63) is 5.21 Å². The lowest BCUT2D eigenvalue weighted by Crippen LogP contribution is -2.73. The van der Waals surface area contributed by atoms with Crippen LogP contribution >= 0.6 is 0 Å². The first-order valence-electron chi connectivity index (χ1n) is 8.96. The Balaban J connectivity index is 1.81. The quantitative estimate of drug-likeness (QED) is 0.639. The van der Waals surface area contributed by atoms with Crippen LogP contribution in [0.15, 0.2) is 0 Å². The molecule has 0 aromatic heterocycles. The van der Waals surface area contributed by atoms with E-state index in [1.54, 1.807) is 0 Å². The van der Waals surface area contributed by atoms with Crippen LogP contribution in [0.2, 0.25) is 0 Å². The molecule has 0 bridgehead atoms. The molecule has 1 unspecified atom stereocenters. The van der Waals surface area contributed by atoms with Gasteiger partial charge in [-0.05, 0) is 32.1 Å². The van der Waals surface area contributed by atoms with Crippen molar-refractivity contribution in [3.63, 3.8) is 0 Å². The van der Waals surface area contributed by atoms with Crippen LogP contribution in [0.5, 0.6) is 0 Å². The number of nitrogens with zero attached hydrogens (tertiary/aromatic N) is 2. The summed E-state index contributed by atoms with van der Waals surface area (Å²) in [7, 11) is 4.59. The number of piperidine rings is 3. The Labute approximate surface area is 133 Å². The second kappa shape index (κ2) is 5.77. The molecule has 0 aromatic carbocycles. The summed E-state index contributed by atoms with van der Waals surface area (Å²) in [6.45, 7) is 2.72. The lowest BCUT2D eigenvalue weighted by Gasteiger charge is -2.64. The van der Waals surface area contributed by atoms with Gasteiger partial charge in [0.05, 0.1) is 51.6 Å². The van der Waals surface area contributed by atoms with E-state index >= 15 is 0 Å². The molecule has 5 heteroatoms. The average Bonchev–Trinajstić information content (AvgIpc) is 2.40. The van der Waals surface area contributed by atoms with Gasteiger partial charge in [-0.25, -0.2) is 0 Å². The summed E-state index contributed by atoms with van der Waals surface area (Å²) >= 11 is 0. The van der Waals surface area contributed by atoms with Crippen molar-refractivity contribution in [2.24, 2.45) is 11.8 Å². The second-order valence-corrected chi connectivity index (χ2v) is 8.41. The summed E-state index contributed by atoms with van der Waals surface area (Å²) in [4.78, 5) is 10.8. The number of hydroxylamine groups is 3. The van der Waals surface area contributed by atoms with Gasteiger partial charge in [-0.1, -0.05) is 0 Å². The molecule has 3 rings (SSSR count). The average molecular weight is 311 g/mol. The fourth-order valence-electron chi connectivity index (χ4n) is 5.95. The van der Waals surface area contributed by atoms with E-state index in [1.165, 1.54) is 12.8 Å². The molecule has 3 saturated heterocycles. The molecule has 3 aliphatic heterocycles. The summed E-state index contributed by atoms with van der Waals surface area (Å²) in [5.41, 5.74) is 0. The van der Waals surface area contributed by atoms with E-state index in [0.29, 0.717) is 23.9 Å². The van der Waals surface area contributed by atoms with Crippen LogP contribution in [-0.2, 0) is 4.79 Å². The van der Waals surface area contributed by atoms with Crippen LogP contribution in [0.3, 0.4) is 0 Å². The van der Waals surface area contributed by atoms with Gasteiger partial charge in [-0.3, -0.25) is 4.79 Å². The Bertz CT molecular complexity index is 436. The number of aliphatic carboxylic acids is 1. The van der Waals surface area contributed by atoms with E-state index in [9.17, 15) is 10.0 Å². The number of hydrogen-bond acceptors (Lipinski definition) is 2. The number of likely N-dealkylation sites (tertiary alicyclic amines) is 1. The van der Waals surface area contributed by atoms with Crippen molar-refractivity contribution in [2.75, 3.05) is 33.7 Å². The zero-order valence-electron chi connectivity index (χ0n) is 14.0. The van der Waals surface area contributed by atoms with Gasteiger partial charge in [-0.2, -0.15) is 0 Å². The van der Waals surface area contributed by atoms with Crippen LogP contribution in [0.1, 0.15) is 44.9 Å². The van der Waals surface area contributed by atoms with E-state index < -0.39 is 5.97 Å². The Kier molecular flexibility index (Phi) is 4.25. The molecule has 3 fully saturated rings. The van der Waals surface area contributed by atoms with Crippen LogP contribution < -0.4 is 0 Å². The smallest absolute Gasteiger partial charge is 0.303 e. The fraction of sp³-hybridized carbons (Fsp3) is 0.941. The second-order valence-electron chi connectivity index (χ2n) is 8.41. The number of carboxylic acid groups (broad SMARTS) is 1. The standard InChI is InChI=1S/C17H30N2O3/c1-18(2)12-13-6-4-10-19(22)11-5-7-14(17(13)19)15(18)8-3-9-16(20)21/h13-15,17H,3-12H2,1-2H3/p+1/t13-,14+,15+,17-,19?/m0/s1. The number of hydrogen-bond donors (Lipinski definition) is 1. The van der Waals surface area contributed by atoms with Gasteiger partial charge in [0.1, 0.15) is 6.04 Å². The number of quaternary nitrogens is 2. The van der Waals surface area contributed by atoms with Crippen LogP contribution in [0.25, 0.3) is 0 Å². The topological polar surface area (TPSA) is 60.4 Å². The zero-order chi connectivity index (χ0) is 16.0. The van der Waals surface area contributed by atoms with E-state index in [1.807, 2.05) is 0 Å². The summed E-state index contributed by atoms with van der Waals surface area (Å²) < 4.78 is 1.04. The highest BCUT2D eigenvalue weighted by Gasteiger charge is 2.57. The number of rotatable bonds is 4. The maximum absolute atomic E-state index is 13.3. The van der Waals surface area contributed by atoms with E-state index in [-0.39, 0.29) is 11.1 Å². The molecule has 0 aliphatic carbocycles. The first kappa shape index (κ1) is 16.2. The minimum absolute atomic E-state index is 0.0603. The summed E-state index contributed by atoms with van der Waals surface area (Å²) in [6, 6.07) is 0.758. The van der Waals surface area contributed by atoms with Gasteiger partial charge in [0.2, 0.25) is 0 Å². The molecule has 5 atom stereocenters. The van der Waals surface area contributed by atoms with Crippen molar-refractivity contribution >= 4 is 5.97 Å². The third kappa shape index (κ3) is 2.79. The zero-order valence-corrected chi connectivity index (χ0v) is 14.0. The van der Waals surface area contributed by atoms with E-state index in [2.05, 4.69) is 14.1 Å². The maximum Gasteiger partial charge on any atom is 0.303 e. The Morgan fingerprint density at radius 1 is 1.23 bits per heavy atom. The molecule has 5 nitrogen and oxygen atoms in total. The van der Waals surface area contributed by atoms with E-state index in [0.717, 1.165) is 49.8 Å². The number of carboxylic acids is 1. The lowest BCUT2D eigenvalue weighted by atomic mass is 9.68. The molecule has 0 amide bonds. The van der Waals surface area contributed by atoms with Crippen molar-refractivity contribution in [3.8, 4) is 0 Å². The Hall–Kier alpha value is -0.650. The predicted molar refractivity (Wildman–Crippen MR) is 84.8 cm³/mol. The first-order valence-corrected chi connectivity index (χ1v) is 8.96. The predicted octanol–water partition coefficient (Wildman–Crippen LogP) is 2.20. The molecule has 0 radical (unpaired) electrons. The van der Waals surface area contributed by atoms with Crippen LogP contribution in [0, 0.1) is 17.0 Å². The third-order valence-corrected chi connectivity index (χ3v) is 6.64. The summed E-state index contributed by atoms with van der Waals surface area (Å²) in [6.07, 6.45) is 6.47. The molecular weight excluding hydrogens is 280 g/mol. The Morgan fingerprint density at radius 2 is 1.91 bits per heavy atom. The molecule has 3 heterocycles. The molecule has 0 spiro atoms. The molecular formula is C17H31N2O3+. The fourth-order valence-corrected chi connectivity index (χ4v) is 5.95. The molecule has 0 aromatic rings. The van der Waals surface area contributed by atoms with Gasteiger partial charge < -0.3 is 19.4 Å². The third-order valence-electron chi connectivity index (χ3n) is 6.64. The van der Waals surface area contributed by atoms with Crippen molar-refractivity contribution in [1.29, 1.82) is 0 Å². The molecule has 0 saturated carbocycles. The summed E-state index contributed by atoms with van der Waals surface area (Å²) in [5, 5.41) is 22.2. The normalized spacial score (nSPS) is 43.4. The minimum Gasteiger partial charge on any atom is -0.633 e. The Morgan fingerprint density at radius 3 is 2.59 bits per heavy atom. The van der Waals surface area contributed by atoms with Crippen molar-refractivity contribution in [1.82, 2.24) is 0 Å². The maximum atomic E-state index is 13.3. The lowest BCUT2D eigenvalue weighted by molar-refractivity contribution is -0.977. The highest BCUT2D eigenvalue weighted by Crippen LogP contribution is 2.48. The van der Waals surface area contributed by atoms with Gasteiger partial charge in [-0.15, -0.1) is 0 Å². The molecule has 1 N–H and O–H groups in total.